The van der Waals surface area contributed by atoms with Gasteiger partial charge in [0, 0.05) is 12.3 Å². The number of rotatable bonds is 5. The van der Waals surface area contributed by atoms with Gasteiger partial charge in [0.2, 0.25) is 0 Å². The Bertz CT molecular complexity index is 496. The maximum atomic E-state index is 11.4. The molecule has 2 aliphatic rings. The van der Waals surface area contributed by atoms with Crippen molar-refractivity contribution in [2.75, 3.05) is 7.11 Å². The van der Waals surface area contributed by atoms with Crippen molar-refractivity contribution in [3.8, 4) is 5.75 Å². The minimum absolute atomic E-state index is 0.0444. The Morgan fingerprint density at radius 1 is 1.29 bits per heavy atom. The van der Waals surface area contributed by atoms with Crippen LogP contribution in [0.25, 0.3) is 0 Å². The molecule has 1 saturated heterocycles. The highest BCUT2D eigenvalue weighted by molar-refractivity contribution is 5.72. The summed E-state index contributed by atoms with van der Waals surface area (Å²) in [5.41, 5.74) is 1.14. The van der Waals surface area contributed by atoms with Crippen molar-refractivity contribution in [1.29, 1.82) is 0 Å². The summed E-state index contributed by atoms with van der Waals surface area (Å²) in [5.74, 6) is 1.59. The summed E-state index contributed by atoms with van der Waals surface area (Å²) in [4.78, 5) is 11.4. The minimum Gasteiger partial charge on any atom is -0.497 e. The Morgan fingerprint density at radius 3 is 2.71 bits per heavy atom. The first-order valence-electron chi connectivity index (χ1n) is 7.65. The van der Waals surface area contributed by atoms with E-state index in [-0.39, 0.29) is 18.2 Å². The van der Waals surface area contributed by atoms with Crippen LogP contribution in [0.2, 0.25) is 0 Å². The highest BCUT2D eigenvalue weighted by Crippen LogP contribution is 2.44. The Labute approximate surface area is 125 Å². The zero-order valence-electron chi connectivity index (χ0n) is 12.6. The zero-order valence-corrected chi connectivity index (χ0v) is 12.6. The number of carbonyl (C=O) groups is 1. The molecule has 2 fully saturated rings. The number of carbonyl (C=O) groups excluding carboxylic acids is 1. The monoisotopic (exact) mass is 290 g/mol. The van der Waals surface area contributed by atoms with Crippen LogP contribution in [0.4, 0.5) is 0 Å². The Balaban J connectivity index is 1.58. The first kappa shape index (κ1) is 14.4. The van der Waals surface area contributed by atoms with E-state index in [9.17, 15) is 4.79 Å². The van der Waals surface area contributed by atoms with E-state index in [0.29, 0.717) is 24.9 Å². The van der Waals surface area contributed by atoms with E-state index in [0.717, 1.165) is 24.2 Å². The minimum atomic E-state index is -0.0444. The van der Waals surface area contributed by atoms with Crippen LogP contribution >= 0.6 is 0 Å². The van der Waals surface area contributed by atoms with E-state index in [1.165, 1.54) is 0 Å². The molecule has 4 nitrogen and oxygen atoms in total. The molecule has 0 bridgehead atoms. The van der Waals surface area contributed by atoms with Gasteiger partial charge in [0.05, 0.1) is 26.2 Å². The van der Waals surface area contributed by atoms with Crippen LogP contribution in [0.5, 0.6) is 5.75 Å². The quantitative estimate of drug-likeness (QED) is 0.782. The van der Waals surface area contributed by atoms with Gasteiger partial charge in [-0.15, -0.1) is 0 Å². The molecule has 1 aliphatic heterocycles. The average molecular weight is 290 g/mol. The second-order valence-electron chi connectivity index (χ2n) is 5.90. The van der Waals surface area contributed by atoms with Gasteiger partial charge in [-0.05, 0) is 23.6 Å². The van der Waals surface area contributed by atoms with Crippen LogP contribution in [0.1, 0.15) is 31.7 Å². The molecule has 0 aromatic heterocycles. The van der Waals surface area contributed by atoms with Gasteiger partial charge in [-0.1, -0.05) is 25.5 Å². The molecule has 0 radical (unpaired) electrons. The molecular formula is C17H22O4. The van der Waals surface area contributed by atoms with Gasteiger partial charge >= 0.3 is 5.97 Å². The van der Waals surface area contributed by atoms with Gasteiger partial charge in [-0.25, -0.2) is 0 Å². The van der Waals surface area contributed by atoms with Gasteiger partial charge < -0.3 is 14.2 Å². The number of hydrogen-bond acceptors (Lipinski definition) is 4. The molecule has 114 valence electrons. The Hall–Kier alpha value is -1.55. The van der Waals surface area contributed by atoms with E-state index in [4.69, 9.17) is 14.2 Å². The standard InChI is InChI=1S/C17H22O4/c1-3-13-14-8-17(18)21-16(14)9-15(13)20-10-11-4-6-12(19-2)7-5-11/h4-7,13-16H,3,8-10H2,1-2H3/t13-,14-,15-,16+/m1/s1. The summed E-state index contributed by atoms with van der Waals surface area (Å²) in [6.45, 7) is 2.76. The molecular weight excluding hydrogens is 268 g/mol. The molecule has 1 aromatic rings. The lowest BCUT2D eigenvalue weighted by molar-refractivity contribution is -0.142. The maximum absolute atomic E-state index is 11.4. The molecule has 1 heterocycles. The second-order valence-corrected chi connectivity index (χ2v) is 5.90. The number of esters is 1. The predicted octanol–water partition coefficient (Wildman–Crippen LogP) is 2.94. The van der Waals surface area contributed by atoms with Crippen molar-refractivity contribution < 1.29 is 19.0 Å². The third kappa shape index (κ3) is 2.91. The van der Waals surface area contributed by atoms with Gasteiger partial charge in [-0.3, -0.25) is 4.79 Å². The third-order valence-corrected chi connectivity index (χ3v) is 4.75. The smallest absolute Gasteiger partial charge is 0.306 e. The van der Waals surface area contributed by atoms with Gasteiger partial charge in [-0.2, -0.15) is 0 Å². The van der Waals surface area contributed by atoms with Gasteiger partial charge in [0.25, 0.3) is 0 Å². The van der Waals surface area contributed by atoms with Crippen LogP contribution in [-0.2, 0) is 20.9 Å². The molecule has 0 amide bonds. The fraction of sp³-hybridized carbons (Fsp3) is 0.588. The summed E-state index contributed by atoms with van der Waals surface area (Å²) in [6.07, 6.45) is 2.70. The molecule has 21 heavy (non-hydrogen) atoms. The van der Waals surface area contributed by atoms with E-state index >= 15 is 0 Å². The number of hydrogen-bond donors (Lipinski definition) is 0. The van der Waals surface area contributed by atoms with E-state index < -0.39 is 0 Å². The van der Waals surface area contributed by atoms with Crippen molar-refractivity contribution >= 4 is 5.97 Å². The van der Waals surface area contributed by atoms with Crippen molar-refractivity contribution in [2.24, 2.45) is 11.8 Å². The highest BCUT2D eigenvalue weighted by atomic mass is 16.6. The first-order chi connectivity index (χ1) is 10.2. The van der Waals surface area contributed by atoms with Crippen LogP contribution in [0.15, 0.2) is 24.3 Å². The summed E-state index contributed by atoms with van der Waals surface area (Å²) >= 11 is 0. The van der Waals surface area contributed by atoms with Crippen LogP contribution in [-0.4, -0.2) is 25.3 Å². The second kappa shape index (κ2) is 6.06. The zero-order chi connectivity index (χ0) is 14.8. The number of ether oxygens (including phenoxy) is 3. The molecule has 4 atom stereocenters. The first-order valence-corrected chi connectivity index (χ1v) is 7.65. The maximum Gasteiger partial charge on any atom is 0.306 e. The van der Waals surface area contributed by atoms with Gasteiger partial charge in [0.1, 0.15) is 11.9 Å². The molecule has 4 heteroatoms. The van der Waals surface area contributed by atoms with Gasteiger partial charge in [0.15, 0.2) is 0 Å². The largest absolute Gasteiger partial charge is 0.497 e. The molecule has 0 N–H and O–H groups in total. The molecule has 0 unspecified atom stereocenters. The fourth-order valence-electron chi connectivity index (χ4n) is 3.64. The summed E-state index contributed by atoms with van der Waals surface area (Å²) in [6, 6.07) is 7.94. The topological polar surface area (TPSA) is 44.8 Å². The Kier molecular flexibility index (Phi) is 4.15. The SMILES string of the molecule is CC[C@@H]1[C@H]2CC(=O)O[C@H]2C[C@H]1OCc1ccc(OC)cc1. The van der Waals surface area contributed by atoms with E-state index in [1.54, 1.807) is 7.11 Å². The summed E-state index contributed by atoms with van der Waals surface area (Å²) < 4.78 is 16.7. The third-order valence-electron chi connectivity index (χ3n) is 4.75. The van der Waals surface area contributed by atoms with Crippen LogP contribution in [0, 0.1) is 11.8 Å². The van der Waals surface area contributed by atoms with E-state index in [2.05, 4.69) is 6.92 Å². The average Bonchev–Trinajstić information content (AvgIpc) is 3.00. The lowest BCUT2D eigenvalue weighted by Gasteiger charge is -2.21. The van der Waals surface area contributed by atoms with E-state index in [1.807, 2.05) is 24.3 Å². The fourth-order valence-corrected chi connectivity index (χ4v) is 3.64. The lowest BCUT2D eigenvalue weighted by Crippen LogP contribution is -2.22. The molecule has 0 spiro atoms. The number of methoxy groups -OCH3 is 1. The van der Waals surface area contributed by atoms with Crippen molar-refractivity contribution in [2.45, 2.75) is 45.0 Å². The predicted molar refractivity (Wildman–Crippen MR) is 78.0 cm³/mol. The molecule has 3 rings (SSSR count). The number of benzene rings is 1. The van der Waals surface area contributed by atoms with Crippen molar-refractivity contribution in [1.82, 2.24) is 0 Å². The normalized spacial score (nSPS) is 31.0. The molecule has 1 aliphatic carbocycles. The van der Waals surface area contributed by atoms with Crippen LogP contribution < -0.4 is 4.74 Å². The summed E-state index contributed by atoms with van der Waals surface area (Å²) in [7, 11) is 1.66. The van der Waals surface area contributed by atoms with Crippen molar-refractivity contribution in [3.63, 3.8) is 0 Å². The molecule has 1 aromatic carbocycles. The number of fused-ring (bicyclic) bond motifs is 1. The lowest BCUT2D eigenvalue weighted by atomic mass is 9.90. The van der Waals surface area contributed by atoms with Crippen LogP contribution in [0.3, 0.4) is 0 Å². The Morgan fingerprint density at radius 2 is 2.05 bits per heavy atom. The van der Waals surface area contributed by atoms with Crippen molar-refractivity contribution in [3.05, 3.63) is 29.8 Å². The highest BCUT2D eigenvalue weighted by Gasteiger charge is 2.49. The summed E-state index contributed by atoms with van der Waals surface area (Å²) in [5, 5.41) is 0. The molecule has 1 saturated carbocycles.